The summed E-state index contributed by atoms with van der Waals surface area (Å²) in [7, 11) is 1.34. The molecular weight excluding hydrogens is 340 g/mol. The van der Waals surface area contributed by atoms with Crippen molar-refractivity contribution in [3.05, 3.63) is 34.4 Å². The predicted molar refractivity (Wildman–Crippen MR) is 87.6 cm³/mol. The highest BCUT2D eigenvalue weighted by Gasteiger charge is 2.25. The van der Waals surface area contributed by atoms with Crippen LogP contribution in [-0.2, 0) is 4.74 Å². The van der Waals surface area contributed by atoms with Gasteiger partial charge in [0.1, 0.15) is 17.5 Å². The molecule has 0 saturated carbocycles. The molecule has 2 aromatic rings. The minimum absolute atomic E-state index is 0.118. The van der Waals surface area contributed by atoms with Crippen LogP contribution in [0.25, 0.3) is 10.9 Å². The number of amides is 1. The van der Waals surface area contributed by atoms with E-state index >= 15 is 0 Å². The Kier molecular flexibility index (Phi) is 4.45. The van der Waals surface area contributed by atoms with Crippen molar-refractivity contribution >= 4 is 34.4 Å². The lowest BCUT2D eigenvalue weighted by Gasteiger charge is -2.35. The van der Waals surface area contributed by atoms with Crippen LogP contribution >= 0.6 is 11.6 Å². The van der Waals surface area contributed by atoms with Gasteiger partial charge in [0, 0.05) is 43.9 Å². The molecule has 0 unspecified atom stereocenters. The van der Waals surface area contributed by atoms with Gasteiger partial charge in [-0.25, -0.2) is 18.6 Å². The fraction of sp³-hybridized carbons (Fsp3) is 0.375. The first-order valence-electron chi connectivity index (χ1n) is 7.45. The molecule has 5 nitrogen and oxygen atoms in total. The van der Waals surface area contributed by atoms with Crippen LogP contribution in [0.15, 0.2) is 12.1 Å². The molecule has 1 aromatic carbocycles. The second kappa shape index (κ2) is 6.39. The van der Waals surface area contributed by atoms with Crippen LogP contribution in [0.5, 0.6) is 0 Å². The van der Waals surface area contributed by atoms with E-state index in [0.717, 1.165) is 12.1 Å². The summed E-state index contributed by atoms with van der Waals surface area (Å²) in [6.45, 7) is 3.76. The predicted octanol–water partition coefficient (Wildman–Crippen LogP) is 3.36. The second-order valence-electron chi connectivity index (χ2n) is 5.60. The van der Waals surface area contributed by atoms with Crippen LogP contribution < -0.4 is 4.90 Å². The minimum atomic E-state index is -0.729. The lowest BCUT2D eigenvalue weighted by atomic mass is 10.1. The van der Waals surface area contributed by atoms with E-state index in [4.69, 9.17) is 16.3 Å². The number of anilines is 1. The third-order valence-corrected chi connectivity index (χ3v) is 4.63. The lowest BCUT2D eigenvalue weighted by Crippen LogP contribution is -2.49. The van der Waals surface area contributed by atoms with Gasteiger partial charge in [-0.1, -0.05) is 11.6 Å². The first kappa shape index (κ1) is 16.7. The van der Waals surface area contributed by atoms with Gasteiger partial charge in [0.05, 0.1) is 23.0 Å². The van der Waals surface area contributed by atoms with E-state index in [2.05, 4.69) is 4.98 Å². The van der Waals surface area contributed by atoms with Gasteiger partial charge in [-0.2, -0.15) is 0 Å². The molecule has 0 N–H and O–H groups in total. The molecule has 0 spiro atoms. The zero-order valence-electron chi connectivity index (χ0n) is 13.3. The van der Waals surface area contributed by atoms with Crippen molar-refractivity contribution in [3.8, 4) is 0 Å². The lowest BCUT2D eigenvalue weighted by molar-refractivity contribution is 0.121. The summed E-state index contributed by atoms with van der Waals surface area (Å²) in [4.78, 5) is 19.5. The number of fused-ring (bicyclic) bond motifs is 1. The van der Waals surface area contributed by atoms with Crippen molar-refractivity contribution in [1.29, 1.82) is 0 Å². The summed E-state index contributed by atoms with van der Waals surface area (Å²) in [5.74, 6) is -0.858. The number of ether oxygens (including phenoxy) is 1. The summed E-state index contributed by atoms with van der Waals surface area (Å²) >= 11 is 6.30. The van der Waals surface area contributed by atoms with Gasteiger partial charge in [-0.05, 0) is 6.92 Å². The Labute approximate surface area is 142 Å². The van der Waals surface area contributed by atoms with Crippen LogP contribution in [0.4, 0.5) is 19.4 Å². The molecule has 1 amide bonds. The zero-order chi connectivity index (χ0) is 17.4. The molecule has 0 radical (unpaired) electrons. The van der Waals surface area contributed by atoms with Crippen molar-refractivity contribution in [2.75, 3.05) is 38.2 Å². The quantitative estimate of drug-likeness (QED) is 0.787. The molecule has 8 heteroatoms. The first-order chi connectivity index (χ1) is 11.4. The molecule has 128 valence electrons. The van der Waals surface area contributed by atoms with Crippen molar-refractivity contribution in [3.63, 3.8) is 0 Å². The Morgan fingerprint density at radius 1 is 1.25 bits per heavy atom. The second-order valence-corrected chi connectivity index (χ2v) is 5.98. The number of hydrogen-bond donors (Lipinski definition) is 0. The summed E-state index contributed by atoms with van der Waals surface area (Å²) in [5, 5.41) is 0.343. The molecule has 1 saturated heterocycles. The van der Waals surface area contributed by atoms with E-state index in [1.807, 2.05) is 4.90 Å². The third-order valence-electron chi connectivity index (χ3n) is 4.16. The molecule has 0 bridgehead atoms. The van der Waals surface area contributed by atoms with Gasteiger partial charge in [0.25, 0.3) is 0 Å². The van der Waals surface area contributed by atoms with E-state index in [9.17, 15) is 13.6 Å². The van der Waals surface area contributed by atoms with E-state index in [1.165, 1.54) is 7.11 Å². The zero-order valence-corrected chi connectivity index (χ0v) is 14.0. The van der Waals surface area contributed by atoms with Crippen LogP contribution in [0.2, 0.25) is 5.02 Å². The molecule has 3 rings (SSSR count). The number of nitrogens with zero attached hydrogens (tertiary/aromatic N) is 3. The molecule has 1 aliphatic rings. The smallest absolute Gasteiger partial charge is 0.409 e. The van der Waals surface area contributed by atoms with Crippen molar-refractivity contribution in [2.45, 2.75) is 6.92 Å². The maximum Gasteiger partial charge on any atom is 0.409 e. The molecule has 1 fully saturated rings. The number of piperazine rings is 1. The molecule has 0 atom stereocenters. The molecule has 0 aliphatic carbocycles. The summed E-state index contributed by atoms with van der Waals surface area (Å²) < 4.78 is 32.2. The number of methoxy groups -OCH3 is 1. The standard InChI is InChI=1S/C16H16ClF2N3O2/c1-9-14(17)13-11(19)7-10(18)8-12(13)20-15(9)21-3-5-22(6-4-21)16(23)24-2/h7-8H,3-6H2,1-2H3. The third kappa shape index (κ3) is 2.84. The monoisotopic (exact) mass is 355 g/mol. The number of halogens is 3. The van der Waals surface area contributed by atoms with Crippen LogP contribution in [-0.4, -0.2) is 49.3 Å². The highest BCUT2D eigenvalue weighted by Crippen LogP contribution is 2.34. The van der Waals surface area contributed by atoms with Crippen molar-refractivity contribution < 1.29 is 18.3 Å². The maximum absolute atomic E-state index is 14.0. The fourth-order valence-corrected chi connectivity index (χ4v) is 3.16. The number of pyridine rings is 1. The Morgan fingerprint density at radius 3 is 2.54 bits per heavy atom. The SMILES string of the molecule is COC(=O)N1CCN(c2nc3cc(F)cc(F)c3c(Cl)c2C)CC1. The van der Waals surface area contributed by atoms with Gasteiger partial charge in [0.15, 0.2) is 0 Å². The minimum Gasteiger partial charge on any atom is -0.453 e. The van der Waals surface area contributed by atoms with Crippen LogP contribution in [0, 0.1) is 18.6 Å². The first-order valence-corrected chi connectivity index (χ1v) is 7.83. The average molecular weight is 356 g/mol. The molecule has 1 aromatic heterocycles. The van der Waals surface area contributed by atoms with Gasteiger partial charge in [-0.3, -0.25) is 0 Å². The van der Waals surface area contributed by atoms with Crippen molar-refractivity contribution in [1.82, 2.24) is 9.88 Å². The Balaban J connectivity index is 1.96. The molecule has 1 aliphatic heterocycles. The number of carbonyl (C=O) groups is 1. The number of carbonyl (C=O) groups excluding carboxylic acids is 1. The van der Waals surface area contributed by atoms with Gasteiger partial charge >= 0.3 is 6.09 Å². The van der Waals surface area contributed by atoms with Gasteiger partial charge in [-0.15, -0.1) is 0 Å². The highest BCUT2D eigenvalue weighted by atomic mass is 35.5. The normalized spacial score (nSPS) is 15.0. The van der Waals surface area contributed by atoms with E-state index in [1.54, 1.807) is 11.8 Å². The topological polar surface area (TPSA) is 45.7 Å². The Hall–Kier alpha value is -2.15. The number of hydrogen-bond acceptors (Lipinski definition) is 4. The number of benzene rings is 1. The maximum atomic E-state index is 14.0. The Morgan fingerprint density at radius 2 is 1.92 bits per heavy atom. The van der Waals surface area contributed by atoms with E-state index < -0.39 is 11.6 Å². The summed E-state index contributed by atoms with van der Waals surface area (Å²) in [6, 6.07) is 1.96. The largest absolute Gasteiger partial charge is 0.453 e. The Bertz CT molecular complexity index is 808. The fourth-order valence-electron chi connectivity index (χ4n) is 2.89. The van der Waals surface area contributed by atoms with Crippen molar-refractivity contribution in [2.24, 2.45) is 0 Å². The average Bonchev–Trinajstić information content (AvgIpc) is 2.57. The summed E-state index contributed by atoms with van der Waals surface area (Å²) in [6.07, 6.45) is -0.375. The molecule has 24 heavy (non-hydrogen) atoms. The molecule has 2 heterocycles. The highest BCUT2D eigenvalue weighted by molar-refractivity contribution is 6.36. The van der Waals surface area contributed by atoms with Crippen LogP contribution in [0.1, 0.15) is 5.56 Å². The number of aromatic nitrogens is 1. The molecular formula is C16H16ClF2N3O2. The number of rotatable bonds is 1. The van der Waals surface area contributed by atoms with E-state index in [0.29, 0.717) is 37.6 Å². The summed E-state index contributed by atoms with van der Waals surface area (Å²) in [5.41, 5.74) is 0.801. The van der Waals surface area contributed by atoms with Gasteiger partial charge in [0.2, 0.25) is 0 Å². The van der Waals surface area contributed by atoms with E-state index in [-0.39, 0.29) is 22.0 Å². The van der Waals surface area contributed by atoms with Crippen LogP contribution in [0.3, 0.4) is 0 Å². The van der Waals surface area contributed by atoms with Gasteiger partial charge < -0.3 is 14.5 Å².